The van der Waals surface area contributed by atoms with E-state index in [1.807, 2.05) is 6.92 Å². The molecule has 0 heterocycles. The monoisotopic (exact) mass is 415 g/mol. The zero-order valence-electron chi connectivity index (χ0n) is 15.3. The van der Waals surface area contributed by atoms with E-state index in [0.717, 1.165) is 9.87 Å². The number of aryl methyl sites for hydroxylation is 1. The SMILES string of the molecule is COc1ccc(N(C(=O)c2ccccc2Cl)S(=O)(=O)c2ccc(C)cc2)cc1. The average molecular weight is 416 g/mol. The maximum atomic E-state index is 13.4. The van der Waals surface area contributed by atoms with Crippen LogP contribution in [-0.2, 0) is 10.0 Å². The highest BCUT2D eigenvalue weighted by atomic mass is 35.5. The van der Waals surface area contributed by atoms with E-state index < -0.39 is 15.9 Å². The van der Waals surface area contributed by atoms with E-state index in [1.165, 1.54) is 37.4 Å². The number of anilines is 1. The van der Waals surface area contributed by atoms with E-state index in [9.17, 15) is 13.2 Å². The fraction of sp³-hybridized carbons (Fsp3) is 0.0952. The van der Waals surface area contributed by atoms with Gasteiger partial charge in [-0.25, -0.2) is 8.42 Å². The number of halogens is 1. The van der Waals surface area contributed by atoms with Gasteiger partial charge >= 0.3 is 0 Å². The molecule has 0 aliphatic heterocycles. The average Bonchev–Trinajstić information content (AvgIpc) is 2.69. The molecule has 7 heteroatoms. The van der Waals surface area contributed by atoms with Crippen LogP contribution >= 0.6 is 11.6 Å². The molecule has 1 amide bonds. The maximum absolute atomic E-state index is 13.4. The molecule has 0 spiro atoms. The second kappa shape index (κ2) is 8.04. The molecule has 144 valence electrons. The van der Waals surface area contributed by atoms with Gasteiger partial charge in [0.15, 0.2) is 0 Å². The Kier molecular flexibility index (Phi) is 5.72. The molecule has 0 atom stereocenters. The molecule has 0 unspecified atom stereocenters. The van der Waals surface area contributed by atoms with Crippen LogP contribution in [0.4, 0.5) is 5.69 Å². The summed E-state index contributed by atoms with van der Waals surface area (Å²) in [5.41, 5.74) is 1.19. The van der Waals surface area contributed by atoms with Crippen LogP contribution in [0, 0.1) is 6.92 Å². The first-order valence-corrected chi connectivity index (χ1v) is 10.2. The van der Waals surface area contributed by atoms with E-state index in [4.69, 9.17) is 16.3 Å². The molecule has 0 bridgehead atoms. The quantitative estimate of drug-likeness (QED) is 0.606. The summed E-state index contributed by atoms with van der Waals surface area (Å²) in [7, 11) is -2.67. The maximum Gasteiger partial charge on any atom is 0.273 e. The first-order chi connectivity index (χ1) is 13.3. The minimum absolute atomic E-state index is 0.00863. The summed E-state index contributed by atoms with van der Waals surface area (Å²) in [6, 6.07) is 18.8. The summed E-state index contributed by atoms with van der Waals surface area (Å²) < 4.78 is 32.6. The molecule has 0 fully saturated rings. The normalized spacial score (nSPS) is 11.1. The predicted octanol–water partition coefficient (Wildman–Crippen LogP) is 4.69. The Labute approximate surface area is 169 Å². The molecule has 0 aliphatic rings. The van der Waals surface area contributed by atoms with Crippen LogP contribution in [0.2, 0.25) is 5.02 Å². The first kappa shape index (κ1) is 19.9. The molecule has 3 rings (SSSR count). The highest BCUT2D eigenvalue weighted by molar-refractivity contribution is 7.93. The number of hydrogen-bond donors (Lipinski definition) is 0. The Bertz CT molecular complexity index is 1090. The first-order valence-electron chi connectivity index (χ1n) is 8.39. The van der Waals surface area contributed by atoms with Crippen LogP contribution in [0.25, 0.3) is 0 Å². The van der Waals surface area contributed by atoms with Gasteiger partial charge in [0.1, 0.15) is 5.75 Å². The zero-order valence-corrected chi connectivity index (χ0v) is 16.9. The van der Waals surface area contributed by atoms with Crippen molar-refractivity contribution in [2.24, 2.45) is 0 Å². The van der Waals surface area contributed by atoms with Crippen LogP contribution in [0.15, 0.2) is 77.7 Å². The third kappa shape index (κ3) is 3.88. The number of carbonyl (C=O) groups excluding carboxylic acids is 1. The van der Waals surface area contributed by atoms with Crippen molar-refractivity contribution in [1.29, 1.82) is 0 Å². The highest BCUT2D eigenvalue weighted by Crippen LogP contribution is 2.29. The predicted molar refractivity (Wildman–Crippen MR) is 110 cm³/mol. The minimum atomic E-state index is -4.17. The zero-order chi connectivity index (χ0) is 20.3. The Morgan fingerprint density at radius 3 is 2.11 bits per heavy atom. The second-order valence-electron chi connectivity index (χ2n) is 6.07. The second-order valence-corrected chi connectivity index (χ2v) is 8.26. The van der Waals surface area contributed by atoms with E-state index in [-0.39, 0.29) is 21.2 Å². The van der Waals surface area contributed by atoms with Crippen molar-refractivity contribution >= 4 is 33.2 Å². The number of amides is 1. The van der Waals surface area contributed by atoms with E-state index in [2.05, 4.69) is 0 Å². The summed E-state index contributed by atoms with van der Waals surface area (Å²) in [6.07, 6.45) is 0. The molecular weight excluding hydrogens is 398 g/mol. The number of sulfonamides is 1. The van der Waals surface area contributed by atoms with Gasteiger partial charge in [-0.15, -0.1) is 0 Å². The van der Waals surface area contributed by atoms with Gasteiger partial charge in [0.25, 0.3) is 15.9 Å². The molecule has 0 aromatic heterocycles. The smallest absolute Gasteiger partial charge is 0.273 e. The van der Waals surface area contributed by atoms with Crippen molar-refractivity contribution in [3.8, 4) is 5.75 Å². The number of hydrogen-bond acceptors (Lipinski definition) is 4. The summed E-state index contributed by atoms with van der Waals surface area (Å²) >= 11 is 6.15. The Morgan fingerprint density at radius 2 is 1.54 bits per heavy atom. The minimum Gasteiger partial charge on any atom is -0.497 e. The fourth-order valence-corrected chi connectivity index (χ4v) is 4.27. The lowest BCUT2D eigenvalue weighted by atomic mass is 10.2. The highest BCUT2D eigenvalue weighted by Gasteiger charge is 2.32. The van der Waals surface area contributed by atoms with Gasteiger partial charge in [0.05, 0.1) is 28.3 Å². The molecule has 0 aliphatic carbocycles. The summed E-state index contributed by atoms with van der Waals surface area (Å²) in [5, 5.41) is 0.171. The molecule has 3 aromatic carbocycles. The van der Waals surface area contributed by atoms with Gasteiger partial charge in [-0.05, 0) is 55.5 Å². The van der Waals surface area contributed by atoms with Gasteiger partial charge in [-0.3, -0.25) is 4.79 Å². The van der Waals surface area contributed by atoms with Gasteiger partial charge < -0.3 is 4.74 Å². The lowest BCUT2D eigenvalue weighted by Gasteiger charge is -2.23. The van der Waals surface area contributed by atoms with Crippen LogP contribution < -0.4 is 9.04 Å². The summed E-state index contributed by atoms with van der Waals surface area (Å²) in [6.45, 7) is 1.85. The molecule has 0 saturated heterocycles. The molecule has 3 aromatic rings. The fourth-order valence-electron chi connectivity index (χ4n) is 2.64. The summed E-state index contributed by atoms with van der Waals surface area (Å²) in [5.74, 6) is -0.196. The van der Waals surface area contributed by atoms with Crippen molar-refractivity contribution in [3.05, 3.63) is 88.9 Å². The van der Waals surface area contributed by atoms with Crippen molar-refractivity contribution in [2.45, 2.75) is 11.8 Å². The lowest BCUT2D eigenvalue weighted by molar-refractivity contribution is 0.101. The number of carbonyl (C=O) groups is 1. The molecule has 28 heavy (non-hydrogen) atoms. The van der Waals surface area contributed by atoms with Crippen molar-refractivity contribution in [2.75, 3.05) is 11.4 Å². The van der Waals surface area contributed by atoms with Gasteiger partial charge in [-0.2, -0.15) is 4.31 Å². The number of benzene rings is 3. The number of rotatable bonds is 5. The Hall–Kier alpha value is -2.83. The van der Waals surface area contributed by atoms with Crippen LogP contribution in [0.3, 0.4) is 0 Å². The Balaban J connectivity index is 2.17. The molecule has 0 radical (unpaired) electrons. The molecule has 0 N–H and O–H groups in total. The van der Waals surface area contributed by atoms with Crippen molar-refractivity contribution in [1.82, 2.24) is 0 Å². The standard InChI is InChI=1S/C21H18ClNO4S/c1-15-7-13-18(14-8-15)28(25,26)23(16-9-11-17(27-2)12-10-16)21(24)19-5-3-4-6-20(19)22/h3-14H,1-2H3. The van der Waals surface area contributed by atoms with Crippen LogP contribution in [-0.4, -0.2) is 21.4 Å². The van der Waals surface area contributed by atoms with Gasteiger partial charge in [-0.1, -0.05) is 41.4 Å². The van der Waals surface area contributed by atoms with Crippen LogP contribution in [0.5, 0.6) is 5.75 Å². The third-order valence-electron chi connectivity index (χ3n) is 4.15. The van der Waals surface area contributed by atoms with Crippen molar-refractivity contribution < 1.29 is 17.9 Å². The van der Waals surface area contributed by atoms with E-state index in [1.54, 1.807) is 42.5 Å². The third-order valence-corrected chi connectivity index (χ3v) is 6.21. The summed E-state index contributed by atoms with van der Waals surface area (Å²) in [4.78, 5) is 13.2. The lowest BCUT2D eigenvalue weighted by Crippen LogP contribution is -2.37. The molecular formula is C21H18ClNO4S. The van der Waals surface area contributed by atoms with Gasteiger partial charge in [0.2, 0.25) is 0 Å². The molecule has 0 saturated carbocycles. The number of nitrogens with zero attached hydrogens (tertiary/aromatic N) is 1. The topological polar surface area (TPSA) is 63.7 Å². The Morgan fingerprint density at radius 1 is 0.929 bits per heavy atom. The number of ether oxygens (including phenoxy) is 1. The van der Waals surface area contributed by atoms with Crippen molar-refractivity contribution in [3.63, 3.8) is 0 Å². The van der Waals surface area contributed by atoms with E-state index in [0.29, 0.717) is 5.75 Å². The largest absolute Gasteiger partial charge is 0.497 e. The van der Waals surface area contributed by atoms with Crippen LogP contribution in [0.1, 0.15) is 15.9 Å². The number of methoxy groups -OCH3 is 1. The van der Waals surface area contributed by atoms with E-state index >= 15 is 0 Å². The molecule has 5 nitrogen and oxygen atoms in total. The van der Waals surface area contributed by atoms with Gasteiger partial charge in [0, 0.05) is 0 Å².